The SMILES string of the molecule is CCCCc1[nH]c2cc(C(=O)OC)ccc2c1C(=O)OC. The highest BCUT2D eigenvalue weighted by Gasteiger charge is 2.19. The van der Waals surface area contributed by atoms with Crippen LogP contribution in [0.1, 0.15) is 46.2 Å². The lowest BCUT2D eigenvalue weighted by atomic mass is 10.1. The number of aryl methyl sites for hydroxylation is 1. The van der Waals surface area contributed by atoms with Crippen molar-refractivity contribution >= 4 is 22.8 Å². The van der Waals surface area contributed by atoms with Crippen molar-refractivity contribution in [3.8, 4) is 0 Å². The fourth-order valence-electron chi connectivity index (χ4n) is 2.37. The lowest BCUT2D eigenvalue weighted by molar-refractivity contribution is 0.0593. The number of aromatic amines is 1. The number of methoxy groups -OCH3 is 2. The monoisotopic (exact) mass is 289 g/mol. The van der Waals surface area contributed by atoms with E-state index in [-0.39, 0.29) is 5.97 Å². The van der Waals surface area contributed by atoms with Crippen molar-refractivity contribution in [3.63, 3.8) is 0 Å². The first kappa shape index (κ1) is 15.1. The second-order valence-corrected chi connectivity index (χ2v) is 4.83. The van der Waals surface area contributed by atoms with Gasteiger partial charge in [0.2, 0.25) is 0 Å². The Labute approximate surface area is 123 Å². The molecule has 0 aliphatic rings. The van der Waals surface area contributed by atoms with Crippen molar-refractivity contribution in [2.45, 2.75) is 26.2 Å². The maximum Gasteiger partial charge on any atom is 0.340 e. The van der Waals surface area contributed by atoms with Crippen LogP contribution in [0.2, 0.25) is 0 Å². The smallest absolute Gasteiger partial charge is 0.340 e. The Morgan fingerprint density at radius 1 is 1.14 bits per heavy atom. The summed E-state index contributed by atoms with van der Waals surface area (Å²) >= 11 is 0. The maximum absolute atomic E-state index is 12.0. The van der Waals surface area contributed by atoms with E-state index >= 15 is 0 Å². The third-order valence-electron chi connectivity index (χ3n) is 3.47. The molecule has 21 heavy (non-hydrogen) atoms. The predicted molar refractivity (Wildman–Crippen MR) is 79.6 cm³/mol. The molecule has 2 rings (SSSR count). The van der Waals surface area contributed by atoms with Gasteiger partial charge in [0.1, 0.15) is 0 Å². The first-order valence-corrected chi connectivity index (χ1v) is 6.93. The minimum absolute atomic E-state index is 0.363. The van der Waals surface area contributed by atoms with Crippen molar-refractivity contribution in [3.05, 3.63) is 35.0 Å². The van der Waals surface area contributed by atoms with Gasteiger partial charge < -0.3 is 14.5 Å². The number of H-pyrrole nitrogens is 1. The fourth-order valence-corrected chi connectivity index (χ4v) is 2.37. The summed E-state index contributed by atoms with van der Waals surface area (Å²) in [6, 6.07) is 5.10. The Morgan fingerprint density at radius 2 is 1.86 bits per heavy atom. The predicted octanol–water partition coefficient (Wildman–Crippen LogP) is 3.08. The molecule has 0 amide bonds. The molecule has 5 nitrogen and oxygen atoms in total. The Hall–Kier alpha value is -2.30. The number of carbonyl (C=O) groups excluding carboxylic acids is 2. The van der Waals surface area contributed by atoms with Crippen LogP contribution >= 0.6 is 0 Å². The van der Waals surface area contributed by atoms with E-state index in [0.29, 0.717) is 11.1 Å². The summed E-state index contributed by atoms with van der Waals surface area (Å²) in [4.78, 5) is 26.8. The minimum Gasteiger partial charge on any atom is -0.465 e. The number of esters is 2. The number of nitrogens with one attached hydrogen (secondary N) is 1. The van der Waals surface area contributed by atoms with Crippen LogP contribution in [0.15, 0.2) is 18.2 Å². The molecule has 0 aliphatic heterocycles. The van der Waals surface area contributed by atoms with Gasteiger partial charge in [0.15, 0.2) is 0 Å². The van der Waals surface area contributed by atoms with Crippen molar-refractivity contribution in [2.24, 2.45) is 0 Å². The minimum atomic E-state index is -0.402. The van der Waals surface area contributed by atoms with Gasteiger partial charge in [0, 0.05) is 16.6 Å². The van der Waals surface area contributed by atoms with Gasteiger partial charge in [-0.15, -0.1) is 0 Å². The first-order chi connectivity index (χ1) is 10.1. The molecule has 1 aromatic carbocycles. The lowest BCUT2D eigenvalue weighted by Gasteiger charge is -2.02. The number of unbranched alkanes of at least 4 members (excludes halogenated alkanes) is 1. The van der Waals surface area contributed by atoms with Crippen molar-refractivity contribution < 1.29 is 19.1 Å². The van der Waals surface area contributed by atoms with Crippen LogP contribution in [0.25, 0.3) is 10.9 Å². The van der Waals surface area contributed by atoms with Crippen LogP contribution in [0.5, 0.6) is 0 Å². The molecule has 5 heteroatoms. The highest BCUT2D eigenvalue weighted by molar-refractivity contribution is 6.07. The maximum atomic E-state index is 12.0. The second-order valence-electron chi connectivity index (χ2n) is 4.83. The van der Waals surface area contributed by atoms with Gasteiger partial charge in [-0.05, 0) is 25.0 Å². The van der Waals surface area contributed by atoms with E-state index < -0.39 is 5.97 Å². The summed E-state index contributed by atoms with van der Waals surface area (Å²) in [5.74, 6) is -0.764. The molecule has 0 atom stereocenters. The van der Waals surface area contributed by atoms with Gasteiger partial charge in [0.25, 0.3) is 0 Å². The molecular formula is C16H19NO4. The van der Waals surface area contributed by atoms with E-state index in [1.807, 2.05) is 0 Å². The van der Waals surface area contributed by atoms with Gasteiger partial charge >= 0.3 is 11.9 Å². The van der Waals surface area contributed by atoms with E-state index in [9.17, 15) is 9.59 Å². The van der Waals surface area contributed by atoms with Crippen molar-refractivity contribution in [1.82, 2.24) is 4.98 Å². The van der Waals surface area contributed by atoms with Crippen LogP contribution in [0.4, 0.5) is 0 Å². The highest BCUT2D eigenvalue weighted by atomic mass is 16.5. The van der Waals surface area contributed by atoms with E-state index in [1.165, 1.54) is 14.2 Å². The van der Waals surface area contributed by atoms with Gasteiger partial charge in [0.05, 0.1) is 25.3 Å². The zero-order valence-corrected chi connectivity index (χ0v) is 12.5. The molecule has 112 valence electrons. The standard InChI is InChI=1S/C16H19NO4/c1-4-5-6-12-14(16(19)21-3)11-8-7-10(15(18)20-2)9-13(11)17-12/h7-9,17H,4-6H2,1-3H3. The fraction of sp³-hybridized carbons (Fsp3) is 0.375. The van der Waals surface area contributed by atoms with E-state index in [0.717, 1.165) is 35.9 Å². The summed E-state index contributed by atoms with van der Waals surface area (Å²) in [6.07, 6.45) is 2.77. The normalized spacial score (nSPS) is 10.6. The van der Waals surface area contributed by atoms with Crippen LogP contribution in [0.3, 0.4) is 0 Å². The van der Waals surface area contributed by atoms with E-state index in [4.69, 9.17) is 9.47 Å². The molecule has 2 aromatic rings. The van der Waals surface area contributed by atoms with Crippen LogP contribution < -0.4 is 0 Å². The quantitative estimate of drug-likeness (QED) is 0.859. The number of hydrogen-bond donors (Lipinski definition) is 1. The van der Waals surface area contributed by atoms with Crippen molar-refractivity contribution in [1.29, 1.82) is 0 Å². The topological polar surface area (TPSA) is 68.4 Å². The third kappa shape index (κ3) is 2.91. The van der Waals surface area contributed by atoms with Crippen molar-refractivity contribution in [2.75, 3.05) is 14.2 Å². The molecule has 0 saturated heterocycles. The summed E-state index contributed by atoms with van der Waals surface area (Å²) in [5, 5.41) is 0.764. The molecule has 0 spiro atoms. The Morgan fingerprint density at radius 3 is 2.48 bits per heavy atom. The average Bonchev–Trinajstić information content (AvgIpc) is 2.88. The molecule has 1 aromatic heterocycles. The van der Waals surface area contributed by atoms with Gasteiger partial charge in [-0.25, -0.2) is 9.59 Å². The second kappa shape index (κ2) is 6.43. The molecule has 0 aliphatic carbocycles. The number of hydrogen-bond acceptors (Lipinski definition) is 4. The number of ether oxygens (including phenoxy) is 2. The summed E-state index contributed by atoms with van der Waals surface area (Å²) in [7, 11) is 2.71. The molecule has 0 radical (unpaired) electrons. The molecule has 1 N–H and O–H groups in total. The van der Waals surface area contributed by atoms with Crippen LogP contribution in [-0.4, -0.2) is 31.1 Å². The Bertz CT molecular complexity index is 672. The third-order valence-corrected chi connectivity index (χ3v) is 3.47. The molecule has 0 fully saturated rings. The van der Waals surface area contributed by atoms with Gasteiger partial charge in [-0.2, -0.15) is 0 Å². The van der Waals surface area contributed by atoms with Crippen LogP contribution in [-0.2, 0) is 15.9 Å². The molecular weight excluding hydrogens is 270 g/mol. The van der Waals surface area contributed by atoms with E-state index in [1.54, 1.807) is 18.2 Å². The number of benzene rings is 1. The Kier molecular flexibility index (Phi) is 4.62. The van der Waals surface area contributed by atoms with Gasteiger partial charge in [-0.1, -0.05) is 19.4 Å². The summed E-state index contributed by atoms with van der Waals surface area (Å²) in [5.41, 5.74) is 2.59. The van der Waals surface area contributed by atoms with Gasteiger partial charge in [-0.3, -0.25) is 0 Å². The summed E-state index contributed by atoms with van der Waals surface area (Å²) in [6.45, 7) is 2.09. The van der Waals surface area contributed by atoms with Crippen LogP contribution in [0, 0.1) is 0 Å². The lowest BCUT2D eigenvalue weighted by Crippen LogP contribution is -2.04. The first-order valence-electron chi connectivity index (χ1n) is 6.93. The highest BCUT2D eigenvalue weighted by Crippen LogP contribution is 2.26. The molecule has 0 saturated carbocycles. The molecule has 1 heterocycles. The van der Waals surface area contributed by atoms with E-state index in [2.05, 4.69) is 11.9 Å². The average molecular weight is 289 g/mol. The molecule has 0 bridgehead atoms. The number of fused-ring (bicyclic) bond motifs is 1. The number of carbonyl (C=O) groups is 2. The number of rotatable bonds is 5. The number of aromatic nitrogens is 1. The zero-order chi connectivity index (χ0) is 15.4. The molecule has 0 unspecified atom stereocenters. The zero-order valence-electron chi connectivity index (χ0n) is 12.5. The largest absolute Gasteiger partial charge is 0.465 e. The summed E-state index contributed by atoms with van der Waals surface area (Å²) < 4.78 is 9.58. The Balaban J connectivity index is 2.55.